The second kappa shape index (κ2) is 4.01. The zero-order chi connectivity index (χ0) is 9.84. The fourth-order valence-corrected chi connectivity index (χ4v) is 0.985. The number of rotatable bonds is 3. The third-order valence-corrected chi connectivity index (χ3v) is 1.79. The Morgan fingerprint density at radius 3 is 2.85 bits per heavy atom. The molecule has 1 heterocycles. The third-order valence-electron chi connectivity index (χ3n) is 1.79. The minimum absolute atomic E-state index is 0.183. The van der Waals surface area contributed by atoms with Gasteiger partial charge >= 0.3 is 0 Å². The van der Waals surface area contributed by atoms with Crippen LogP contribution in [0.4, 0.5) is 0 Å². The summed E-state index contributed by atoms with van der Waals surface area (Å²) in [5.74, 6) is 0.578. The minimum atomic E-state index is -0.236. The second-order valence-electron chi connectivity index (χ2n) is 2.92. The predicted octanol–water partition coefficient (Wildman–Crippen LogP) is 0.772. The second-order valence-corrected chi connectivity index (χ2v) is 2.92. The molecule has 2 N–H and O–H groups in total. The molecule has 1 aromatic heterocycles. The van der Waals surface area contributed by atoms with Gasteiger partial charge in [-0.2, -0.15) is 10.4 Å². The molecule has 0 bridgehead atoms. The van der Waals surface area contributed by atoms with Gasteiger partial charge in [-0.05, 0) is 13.3 Å². The lowest BCUT2D eigenvalue weighted by Gasteiger charge is -2.04. The molecule has 0 saturated carbocycles. The van der Waals surface area contributed by atoms with Gasteiger partial charge < -0.3 is 5.73 Å². The van der Waals surface area contributed by atoms with Crippen LogP contribution in [0.25, 0.3) is 0 Å². The summed E-state index contributed by atoms with van der Waals surface area (Å²) in [6, 6.07) is 1.72. The molecule has 0 amide bonds. The molecule has 5 nitrogen and oxygen atoms in total. The van der Waals surface area contributed by atoms with Gasteiger partial charge in [0.2, 0.25) is 0 Å². The smallest absolute Gasteiger partial charge is 0.167 e. The summed E-state index contributed by atoms with van der Waals surface area (Å²) < 4.78 is 1.55. The largest absolute Gasteiger partial charge is 0.321 e. The molecule has 13 heavy (non-hydrogen) atoms. The topological polar surface area (TPSA) is 80.5 Å². The first-order valence-corrected chi connectivity index (χ1v) is 4.25. The third kappa shape index (κ3) is 2.04. The Kier molecular flexibility index (Phi) is 2.98. The SMILES string of the molecule is CCC(C#N)n1cnc(C(C)N)n1. The summed E-state index contributed by atoms with van der Waals surface area (Å²) in [7, 11) is 0. The van der Waals surface area contributed by atoms with E-state index < -0.39 is 0 Å². The van der Waals surface area contributed by atoms with Crippen LogP contribution in [0.3, 0.4) is 0 Å². The van der Waals surface area contributed by atoms with Crippen molar-refractivity contribution in [2.45, 2.75) is 32.4 Å². The molecular formula is C8H13N5. The molecule has 0 fully saturated rings. The summed E-state index contributed by atoms with van der Waals surface area (Å²) >= 11 is 0. The lowest BCUT2D eigenvalue weighted by atomic mass is 10.3. The molecule has 1 rings (SSSR count). The van der Waals surface area contributed by atoms with E-state index in [2.05, 4.69) is 16.2 Å². The Hall–Kier alpha value is -1.41. The van der Waals surface area contributed by atoms with E-state index in [0.29, 0.717) is 5.82 Å². The van der Waals surface area contributed by atoms with E-state index in [1.54, 1.807) is 11.0 Å². The van der Waals surface area contributed by atoms with Gasteiger partial charge in [-0.3, -0.25) is 0 Å². The fourth-order valence-electron chi connectivity index (χ4n) is 0.985. The molecule has 0 aromatic carbocycles. The van der Waals surface area contributed by atoms with Crippen LogP contribution in [0.1, 0.15) is 38.2 Å². The van der Waals surface area contributed by atoms with Crippen LogP contribution in [0.15, 0.2) is 6.33 Å². The maximum Gasteiger partial charge on any atom is 0.167 e. The van der Waals surface area contributed by atoms with E-state index >= 15 is 0 Å². The van der Waals surface area contributed by atoms with Gasteiger partial charge in [-0.1, -0.05) is 6.92 Å². The van der Waals surface area contributed by atoms with Gasteiger partial charge in [0.15, 0.2) is 5.82 Å². The quantitative estimate of drug-likeness (QED) is 0.743. The molecule has 0 aliphatic heterocycles. The number of nitrogens with two attached hydrogens (primary N) is 1. The Morgan fingerprint density at radius 2 is 2.46 bits per heavy atom. The van der Waals surface area contributed by atoms with E-state index in [1.165, 1.54) is 0 Å². The van der Waals surface area contributed by atoms with Crippen LogP contribution in [0.2, 0.25) is 0 Å². The average Bonchev–Trinajstić information content (AvgIpc) is 2.56. The molecule has 0 radical (unpaired) electrons. The molecule has 70 valence electrons. The minimum Gasteiger partial charge on any atom is -0.321 e. The first kappa shape index (κ1) is 9.68. The number of aromatic nitrogens is 3. The van der Waals surface area contributed by atoms with Crippen molar-refractivity contribution in [3.8, 4) is 6.07 Å². The highest BCUT2D eigenvalue weighted by molar-refractivity contribution is 4.93. The van der Waals surface area contributed by atoms with Crippen LogP contribution in [0.5, 0.6) is 0 Å². The van der Waals surface area contributed by atoms with Gasteiger partial charge in [-0.25, -0.2) is 9.67 Å². The van der Waals surface area contributed by atoms with E-state index in [0.717, 1.165) is 6.42 Å². The van der Waals surface area contributed by atoms with Gasteiger partial charge in [0.25, 0.3) is 0 Å². The van der Waals surface area contributed by atoms with Crippen LogP contribution >= 0.6 is 0 Å². The van der Waals surface area contributed by atoms with E-state index in [1.807, 2.05) is 13.8 Å². The summed E-state index contributed by atoms with van der Waals surface area (Å²) in [6.45, 7) is 3.74. The molecule has 0 aliphatic carbocycles. The molecule has 2 atom stereocenters. The van der Waals surface area contributed by atoms with Gasteiger partial charge in [0.05, 0.1) is 12.1 Å². The monoisotopic (exact) mass is 179 g/mol. The van der Waals surface area contributed by atoms with Crippen LogP contribution < -0.4 is 5.73 Å². The number of hydrogen-bond acceptors (Lipinski definition) is 4. The highest BCUT2D eigenvalue weighted by Gasteiger charge is 2.11. The van der Waals surface area contributed by atoms with Crippen LogP contribution in [0, 0.1) is 11.3 Å². The van der Waals surface area contributed by atoms with Crippen molar-refractivity contribution in [1.29, 1.82) is 5.26 Å². The Bertz CT molecular complexity index is 309. The average molecular weight is 179 g/mol. The molecule has 1 aromatic rings. The molecule has 0 aliphatic rings. The summed E-state index contributed by atoms with van der Waals surface area (Å²) in [5, 5.41) is 12.9. The molecule has 5 heteroatoms. The molecule has 0 saturated heterocycles. The summed E-state index contributed by atoms with van der Waals surface area (Å²) in [6.07, 6.45) is 2.27. The van der Waals surface area contributed by atoms with Crippen molar-refractivity contribution < 1.29 is 0 Å². The van der Waals surface area contributed by atoms with E-state index in [-0.39, 0.29) is 12.1 Å². The van der Waals surface area contributed by atoms with E-state index in [9.17, 15) is 0 Å². The van der Waals surface area contributed by atoms with Crippen LogP contribution in [-0.2, 0) is 0 Å². The molecule has 2 unspecified atom stereocenters. The zero-order valence-corrected chi connectivity index (χ0v) is 7.81. The Morgan fingerprint density at radius 1 is 1.77 bits per heavy atom. The number of nitriles is 1. The Labute approximate surface area is 77.2 Å². The van der Waals surface area contributed by atoms with Gasteiger partial charge in [0, 0.05) is 0 Å². The van der Waals surface area contributed by atoms with Crippen molar-refractivity contribution in [1.82, 2.24) is 14.8 Å². The van der Waals surface area contributed by atoms with Crippen molar-refractivity contribution >= 4 is 0 Å². The number of nitrogens with zero attached hydrogens (tertiary/aromatic N) is 4. The summed E-state index contributed by atoms with van der Waals surface area (Å²) in [5.41, 5.74) is 5.59. The van der Waals surface area contributed by atoms with Gasteiger partial charge in [0.1, 0.15) is 12.4 Å². The molecular weight excluding hydrogens is 166 g/mol. The fraction of sp³-hybridized carbons (Fsp3) is 0.625. The van der Waals surface area contributed by atoms with Crippen molar-refractivity contribution in [2.75, 3.05) is 0 Å². The first-order valence-electron chi connectivity index (χ1n) is 4.25. The first-order chi connectivity index (χ1) is 6.19. The maximum absolute atomic E-state index is 8.76. The normalized spacial score (nSPS) is 14.9. The number of hydrogen-bond donors (Lipinski definition) is 1. The van der Waals surface area contributed by atoms with Crippen molar-refractivity contribution in [2.24, 2.45) is 5.73 Å². The highest BCUT2D eigenvalue weighted by Crippen LogP contribution is 2.09. The summed E-state index contributed by atoms with van der Waals surface area (Å²) in [4.78, 5) is 4.01. The van der Waals surface area contributed by atoms with E-state index in [4.69, 9.17) is 11.0 Å². The van der Waals surface area contributed by atoms with Crippen LogP contribution in [-0.4, -0.2) is 14.8 Å². The predicted molar refractivity (Wildman–Crippen MR) is 47.6 cm³/mol. The van der Waals surface area contributed by atoms with Crippen molar-refractivity contribution in [3.63, 3.8) is 0 Å². The zero-order valence-electron chi connectivity index (χ0n) is 7.81. The lowest BCUT2D eigenvalue weighted by molar-refractivity contribution is 0.524. The highest BCUT2D eigenvalue weighted by atomic mass is 15.3. The molecule has 0 spiro atoms. The van der Waals surface area contributed by atoms with Gasteiger partial charge in [-0.15, -0.1) is 0 Å². The Balaban J connectivity index is 2.85. The van der Waals surface area contributed by atoms with Crippen molar-refractivity contribution in [3.05, 3.63) is 12.2 Å². The lowest BCUT2D eigenvalue weighted by Crippen LogP contribution is -2.10. The maximum atomic E-state index is 8.76. The standard InChI is InChI=1S/C8H13N5/c1-3-7(4-9)13-5-11-8(12-13)6(2)10/h5-7H,3,10H2,1-2H3.